The van der Waals surface area contributed by atoms with Crippen LogP contribution in [0.2, 0.25) is 0 Å². The van der Waals surface area contributed by atoms with Crippen LogP contribution >= 0.6 is 0 Å². The van der Waals surface area contributed by atoms with E-state index in [2.05, 4.69) is 35.1 Å². The molecule has 19 nitrogen and oxygen atoms in total. The van der Waals surface area contributed by atoms with Crippen molar-refractivity contribution in [2.24, 2.45) is 14.1 Å². The van der Waals surface area contributed by atoms with Gasteiger partial charge in [0.15, 0.2) is 11.5 Å². The molecule has 0 saturated carbocycles. The summed E-state index contributed by atoms with van der Waals surface area (Å²) in [6.07, 6.45) is 20.0. The number of benzene rings is 2. The second kappa shape index (κ2) is 29.5. The largest absolute Gasteiger partial charge is 1.00 e. The number of methoxy groups -OCH3 is 2. The van der Waals surface area contributed by atoms with E-state index in [1.807, 2.05) is 19.3 Å². The van der Waals surface area contributed by atoms with E-state index in [1.54, 1.807) is 30.2 Å². The number of hydrogen-bond donors (Lipinski definition) is 1. The molecule has 0 atom stereocenters. The SMILES string of the molecule is C1CCN(C2CCNCC2)CC1.COc1cc(F)c(-c2cnn(C)c2)cc1[N+](=O)[O-].COc1cc(N2CCC(N3CCCCC3)CC2)c(-c2cnn(C)c2)cc1[N+](=O)[O-].O=CO[O-].[H-].[K+].[K+]. The summed E-state index contributed by atoms with van der Waals surface area (Å²) in [6.45, 7) is 9.34. The van der Waals surface area contributed by atoms with Crippen molar-refractivity contribution in [2.45, 2.75) is 76.3 Å². The molecule has 4 aliphatic heterocycles. The number of carbonyl (C=O) groups excluding carboxylic acids is 1. The summed E-state index contributed by atoms with van der Waals surface area (Å²) in [5, 5.41) is 42.4. The summed E-state index contributed by atoms with van der Waals surface area (Å²) in [5.41, 5.74) is 3.00. The summed E-state index contributed by atoms with van der Waals surface area (Å²) < 4.78 is 27.2. The van der Waals surface area contributed by atoms with Crippen molar-refractivity contribution >= 4 is 23.5 Å². The Balaban J connectivity index is 0.000000346. The topological polar surface area (TPSA) is 211 Å². The van der Waals surface area contributed by atoms with Gasteiger partial charge in [-0.3, -0.25) is 34.4 Å². The van der Waals surface area contributed by atoms with E-state index in [0.717, 1.165) is 60.9 Å². The quantitative estimate of drug-likeness (QED) is 0.0691. The Labute approximate surface area is 466 Å². The van der Waals surface area contributed by atoms with Gasteiger partial charge in [-0.25, -0.2) is 4.39 Å². The molecule has 8 rings (SSSR count). The number of nitrogens with zero attached hydrogens (tertiary/aromatic N) is 9. The van der Waals surface area contributed by atoms with Crippen molar-refractivity contribution in [1.29, 1.82) is 0 Å². The van der Waals surface area contributed by atoms with Crippen molar-refractivity contribution < 1.29 is 143 Å². The molecule has 0 amide bonds. The Morgan fingerprint density at radius 2 is 1.14 bits per heavy atom. The molecule has 4 aliphatic rings. The summed E-state index contributed by atoms with van der Waals surface area (Å²) in [5.74, 6) is -0.397. The van der Waals surface area contributed by atoms with E-state index < -0.39 is 10.7 Å². The Bertz CT molecular complexity index is 2080. The van der Waals surface area contributed by atoms with E-state index in [4.69, 9.17) is 19.5 Å². The number of carbonyl (C=O) groups is 1. The van der Waals surface area contributed by atoms with Gasteiger partial charge in [0, 0.05) is 104 Å². The number of hydrogen-bond acceptors (Lipinski definition) is 15. The molecule has 2 aromatic carbocycles. The van der Waals surface area contributed by atoms with Crippen LogP contribution in [0.15, 0.2) is 49.1 Å². The van der Waals surface area contributed by atoms with Gasteiger partial charge in [-0.05, 0) is 90.6 Å². The van der Waals surface area contributed by atoms with E-state index in [9.17, 15) is 24.6 Å². The van der Waals surface area contributed by atoms with Crippen LogP contribution in [0.1, 0.15) is 65.6 Å². The van der Waals surface area contributed by atoms with Crippen molar-refractivity contribution in [3.63, 3.8) is 0 Å². The van der Waals surface area contributed by atoms with Gasteiger partial charge in [0.1, 0.15) is 5.82 Å². The summed E-state index contributed by atoms with van der Waals surface area (Å²) in [4.78, 5) is 40.4. The van der Waals surface area contributed by atoms with Crippen LogP contribution in [0.25, 0.3) is 22.3 Å². The maximum atomic E-state index is 13.8. The first-order valence-electron chi connectivity index (χ1n) is 21.5. The zero-order chi connectivity index (χ0) is 45.3. The number of aromatic nitrogens is 4. The fourth-order valence-corrected chi connectivity index (χ4v) is 8.76. The Kier molecular flexibility index (Phi) is 25.8. The van der Waals surface area contributed by atoms with Crippen LogP contribution in [-0.2, 0) is 23.8 Å². The van der Waals surface area contributed by atoms with Crippen LogP contribution < -0.4 is 128 Å². The van der Waals surface area contributed by atoms with Gasteiger partial charge in [0.05, 0.1) is 36.5 Å². The third-order valence-electron chi connectivity index (χ3n) is 12.0. The first kappa shape index (κ1) is 56.9. The molecule has 2 aromatic heterocycles. The third-order valence-corrected chi connectivity index (χ3v) is 12.0. The molecule has 0 unspecified atom stereocenters. The fourth-order valence-electron chi connectivity index (χ4n) is 8.76. The molecule has 1 N–H and O–H groups in total. The van der Waals surface area contributed by atoms with Crippen molar-refractivity contribution in [3.8, 4) is 33.8 Å². The zero-order valence-corrected chi connectivity index (χ0v) is 44.9. The van der Waals surface area contributed by atoms with Gasteiger partial charge >= 0.3 is 114 Å². The Hall–Kier alpha value is -2.43. The van der Waals surface area contributed by atoms with E-state index >= 15 is 0 Å². The maximum Gasteiger partial charge on any atom is 1.00 e. The number of likely N-dealkylation sites (tertiary alicyclic amines) is 2. The van der Waals surface area contributed by atoms with Crippen molar-refractivity contribution in [3.05, 3.63) is 75.1 Å². The predicted octanol–water partition coefficient (Wildman–Crippen LogP) is -0.619. The average Bonchev–Trinajstić information content (AvgIpc) is 3.97. The summed E-state index contributed by atoms with van der Waals surface area (Å²) in [7, 11) is 6.27. The summed E-state index contributed by atoms with van der Waals surface area (Å²) in [6, 6.07) is 7.15. The van der Waals surface area contributed by atoms with Crippen molar-refractivity contribution in [1.82, 2.24) is 34.7 Å². The fraction of sp³-hybridized carbons (Fsp3) is 0.558. The van der Waals surface area contributed by atoms with E-state index in [1.165, 1.54) is 116 Å². The Morgan fingerprint density at radius 1 is 0.708 bits per heavy atom. The number of rotatable bonds is 10. The first-order chi connectivity index (χ1) is 30.5. The number of piperidine rings is 4. The van der Waals surface area contributed by atoms with Gasteiger partial charge in [0.2, 0.25) is 0 Å². The summed E-state index contributed by atoms with van der Waals surface area (Å²) >= 11 is 0. The third kappa shape index (κ3) is 16.6. The molecule has 0 aliphatic carbocycles. The minimum Gasteiger partial charge on any atom is -1.00 e. The second-order valence-corrected chi connectivity index (χ2v) is 15.9. The Morgan fingerprint density at radius 3 is 1.55 bits per heavy atom. The maximum absolute atomic E-state index is 13.8. The monoisotopic (exact) mass is 958 g/mol. The van der Waals surface area contributed by atoms with Gasteiger partial charge in [-0.2, -0.15) is 10.2 Å². The molecule has 346 valence electrons. The molecular weight excluding hydrogens is 898 g/mol. The van der Waals surface area contributed by atoms with Crippen LogP contribution in [0, 0.1) is 26.0 Å². The number of halogens is 1. The second-order valence-electron chi connectivity index (χ2n) is 15.9. The molecular formula is C43H61FK2N10O9. The minimum atomic E-state index is -0.613. The van der Waals surface area contributed by atoms with Gasteiger partial charge in [-0.1, -0.05) is 12.8 Å². The molecule has 4 fully saturated rings. The van der Waals surface area contributed by atoms with E-state index in [-0.39, 0.29) is 138 Å². The molecule has 65 heavy (non-hydrogen) atoms. The number of nitro groups is 2. The number of aryl methyl sites for hydroxylation is 2. The minimum absolute atomic E-state index is 0. The molecule has 0 bridgehead atoms. The molecule has 0 spiro atoms. The van der Waals surface area contributed by atoms with Gasteiger partial charge < -0.3 is 41.1 Å². The van der Waals surface area contributed by atoms with E-state index in [0.29, 0.717) is 17.4 Å². The molecule has 4 saturated heterocycles. The zero-order valence-electron chi connectivity index (χ0n) is 39.7. The molecule has 6 heterocycles. The van der Waals surface area contributed by atoms with Gasteiger partial charge in [0.25, 0.3) is 6.47 Å². The van der Waals surface area contributed by atoms with Crippen LogP contribution in [0.5, 0.6) is 11.5 Å². The molecule has 4 aromatic rings. The van der Waals surface area contributed by atoms with Crippen molar-refractivity contribution in [2.75, 3.05) is 71.5 Å². The number of anilines is 1. The molecule has 0 radical (unpaired) electrons. The smallest absolute Gasteiger partial charge is 1.00 e. The predicted molar refractivity (Wildman–Crippen MR) is 234 cm³/mol. The number of ether oxygens (including phenoxy) is 2. The average molecular weight is 959 g/mol. The normalized spacial score (nSPS) is 16.9. The van der Waals surface area contributed by atoms with Crippen LogP contribution in [0.4, 0.5) is 21.5 Å². The molecule has 22 heteroatoms. The standard InChI is InChI=1S/C21H29N5O3.C11H10FN3O3.C10H20N2.CH2O3.2K.H/c1-23-15-16(14-22-23)18-12-20(26(27)28)21(29-2)13-19(18)25-10-6-17(7-11-25)24-8-4-3-5-9-24;1-14-6-7(5-13-14)8-3-10(15(16)17)11(18-2)4-9(8)12;1-2-8-12(9-3-1)10-4-6-11-7-5-10;2-1-4-3;;;/h12-15,17H,3-11H2,1-2H3;3-6H,1-2H3;10-11H,1-9H2;1,3H;;;/q;;;;2*+1;-1/p-1. The van der Waals surface area contributed by atoms with Gasteiger partial charge in [-0.15, -0.1) is 0 Å². The first-order valence-corrected chi connectivity index (χ1v) is 21.5. The number of nitro benzene ring substituents is 2. The van der Waals surface area contributed by atoms with Crippen LogP contribution in [0.3, 0.4) is 0 Å². The van der Waals surface area contributed by atoms with Crippen LogP contribution in [-0.4, -0.2) is 124 Å². The number of nitrogens with one attached hydrogen (secondary N) is 1.